The summed E-state index contributed by atoms with van der Waals surface area (Å²) in [7, 11) is 1.60. The fourth-order valence-corrected chi connectivity index (χ4v) is 2.15. The minimum Gasteiger partial charge on any atom is -0.495 e. The highest BCUT2D eigenvalue weighted by Crippen LogP contribution is 2.22. The van der Waals surface area contributed by atoms with E-state index in [9.17, 15) is 0 Å². The second-order valence-corrected chi connectivity index (χ2v) is 4.65. The molecule has 0 bridgehead atoms. The van der Waals surface area contributed by atoms with Crippen LogP contribution in [0.15, 0.2) is 30.6 Å². The van der Waals surface area contributed by atoms with Gasteiger partial charge in [0.25, 0.3) is 0 Å². The van der Waals surface area contributed by atoms with Crippen molar-refractivity contribution in [2.45, 2.75) is 13.5 Å². The maximum Gasteiger partial charge on any atom is 0.203 e. The van der Waals surface area contributed by atoms with Gasteiger partial charge in [-0.3, -0.25) is 4.40 Å². The second-order valence-electron chi connectivity index (χ2n) is 4.65. The summed E-state index contributed by atoms with van der Waals surface area (Å²) in [6, 6.07) is 5.68. The lowest BCUT2D eigenvalue weighted by molar-refractivity contribution is 0.417. The van der Waals surface area contributed by atoms with E-state index in [1.165, 1.54) is 0 Å². The van der Waals surface area contributed by atoms with Gasteiger partial charge < -0.3 is 15.8 Å². The van der Waals surface area contributed by atoms with Crippen molar-refractivity contribution in [3.63, 3.8) is 0 Å². The number of nitrogens with one attached hydrogen (secondary N) is 1. The summed E-state index contributed by atoms with van der Waals surface area (Å²) in [4.78, 5) is 4.30. The van der Waals surface area contributed by atoms with Crippen LogP contribution in [0.3, 0.4) is 0 Å². The zero-order valence-corrected chi connectivity index (χ0v) is 11.9. The van der Waals surface area contributed by atoms with Crippen LogP contribution in [0.1, 0.15) is 11.4 Å². The number of aryl methyl sites for hydroxylation is 1. The van der Waals surface area contributed by atoms with Gasteiger partial charge in [-0.1, -0.05) is 6.07 Å². The lowest BCUT2D eigenvalue weighted by Crippen LogP contribution is -2.04. The third kappa shape index (κ3) is 2.45. The Bertz CT molecular complexity index is 782. The maximum absolute atomic E-state index is 5.90. The first kappa shape index (κ1) is 13.2. The quantitative estimate of drug-likeness (QED) is 0.708. The third-order valence-corrected chi connectivity index (χ3v) is 3.25. The molecule has 21 heavy (non-hydrogen) atoms. The van der Waals surface area contributed by atoms with Crippen molar-refractivity contribution in [1.29, 1.82) is 0 Å². The lowest BCUT2D eigenvalue weighted by Gasteiger charge is -2.09. The number of hydrogen-bond acceptors (Lipinski definition) is 6. The van der Waals surface area contributed by atoms with Gasteiger partial charge in [-0.15, -0.1) is 10.2 Å². The number of nitrogens with two attached hydrogens (primary N) is 1. The Morgan fingerprint density at radius 3 is 2.95 bits per heavy atom. The Morgan fingerprint density at radius 2 is 2.19 bits per heavy atom. The van der Waals surface area contributed by atoms with E-state index >= 15 is 0 Å². The molecule has 108 valence electrons. The van der Waals surface area contributed by atoms with E-state index in [1.807, 2.05) is 35.7 Å². The smallest absolute Gasteiger partial charge is 0.203 e. The van der Waals surface area contributed by atoms with Crippen molar-refractivity contribution in [3.05, 3.63) is 42.0 Å². The molecule has 3 N–H and O–H groups in total. The molecule has 0 amide bonds. The van der Waals surface area contributed by atoms with Gasteiger partial charge in [-0.2, -0.15) is 0 Å². The topological polar surface area (TPSA) is 90.4 Å². The number of anilines is 2. The largest absolute Gasteiger partial charge is 0.495 e. The summed E-state index contributed by atoms with van der Waals surface area (Å²) < 4.78 is 7.03. The Morgan fingerprint density at radius 1 is 1.33 bits per heavy atom. The van der Waals surface area contributed by atoms with Crippen molar-refractivity contribution < 1.29 is 4.74 Å². The molecule has 0 saturated carbocycles. The molecule has 0 saturated heterocycles. The number of nitrogens with zero attached hydrogens (tertiary/aromatic N) is 4. The molecule has 0 unspecified atom stereocenters. The summed E-state index contributed by atoms with van der Waals surface area (Å²) in [5.74, 6) is 2.18. The van der Waals surface area contributed by atoms with E-state index in [1.54, 1.807) is 13.3 Å². The maximum atomic E-state index is 5.90. The van der Waals surface area contributed by atoms with Crippen molar-refractivity contribution in [2.24, 2.45) is 0 Å². The van der Waals surface area contributed by atoms with Gasteiger partial charge in [0.15, 0.2) is 5.82 Å². The van der Waals surface area contributed by atoms with Gasteiger partial charge in [0.05, 0.1) is 12.8 Å². The summed E-state index contributed by atoms with van der Waals surface area (Å²) in [6.45, 7) is 2.49. The monoisotopic (exact) mass is 284 g/mol. The second kappa shape index (κ2) is 5.28. The van der Waals surface area contributed by atoms with Gasteiger partial charge in [0.1, 0.15) is 11.6 Å². The van der Waals surface area contributed by atoms with Crippen molar-refractivity contribution >= 4 is 17.2 Å². The molecule has 0 fully saturated rings. The Balaban J connectivity index is 1.82. The van der Waals surface area contributed by atoms with Crippen LogP contribution < -0.4 is 15.8 Å². The standard InChI is InChI=1S/C14H16N6O/c1-9-18-19-14-13(16-5-6-20(9)14)17-8-10-3-4-12(21-2)11(15)7-10/h3-7H,8,15H2,1-2H3,(H,16,17). The number of methoxy groups -OCH3 is 1. The lowest BCUT2D eigenvalue weighted by atomic mass is 10.2. The SMILES string of the molecule is COc1ccc(CNc2nccn3c(C)nnc23)cc1N. The molecule has 3 rings (SSSR count). The third-order valence-electron chi connectivity index (χ3n) is 3.25. The number of rotatable bonds is 4. The van der Waals surface area contributed by atoms with Gasteiger partial charge in [-0.05, 0) is 24.6 Å². The molecule has 1 aromatic carbocycles. The molecule has 0 aliphatic heterocycles. The number of hydrogen-bond donors (Lipinski definition) is 2. The molecule has 0 radical (unpaired) electrons. The summed E-state index contributed by atoms with van der Waals surface area (Å²) in [5, 5.41) is 11.4. The van der Waals surface area contributed by atoms with E-state index in [4.69, 9.17) is 10.5 Å². The predicted molar refractivity (Wildman–Crippen MR) is 80.3 cm³/mol. The van der Waals surface area contributed by atoms with Crippen LogP contribution in [0, 0.1) is 6.92 Å². The van der Waals surface area contributed by atoms with Crippen molar-refractivity contribution in [2.75, 3.05) is 18.2 Å². The number of fused-ring (bicyclic) bond motifs is 1. The number of benzene rings is 1. The van der Waals surface area contributed by atoms with Crippen LogP contribution >= 0.6 is 0 Å². The van der Waals surface area contributed by atoms with Crippen LogP contribution in [-0.2, 0) is 6.54 Å². The van der Waals surface area contributed by atoms with E-state index in [-0.39, 0.29) is 0 Å². The normalized spacial score (nSPS) is 10.8. The zero-order valence-electron chi connectivity index (χ0n) is 11.9. The van der Waals surface area contributed by atoms with Gasteiger partial charge in [0.2, 0.25) is 5.65 Å². The summed E-state index contributed by atoms with van der Waals surface area (Å²) in [6.07, 6.45) is 3.55. The molecule has 7 nitrogen and oxygen atoms in total. The Hall–Kier alpha value is -2.83. The molecule has 2 aromatic heterocycles. The number of nitrogen functional groups attached to an aromatic ring is 1. The van der Waals surface area contributed by atoms with Gasteiger partial charge in [0, 0.05) is 18.9 Å². The molecule has 3 aromatic rings. The first-order valence-corrected chi connectivity index (χ1v) is 6.51. The molecule has 7 heteroatoms. The fraction of sp³-hybridized carbons (Fsp3) is 0.214. The van der Waals surface area contributed by atoms with Crippen LogP contribution in [-0.4, -0.2) is 26.7 Å². The average molecular weight is 284 g/mol. The number of ether oxygens (including phenoxy) is 1. The molecule has 0 atom stereocenters. The van der Waals surface area contributed by atoms with Crippen molar-refractivity contribution in [1.82, 2.24) is 19.6 Å². The van der Waals surface area contributed by atoms with Gasteiger partial charge in [-0.25, -0.2) is 4.98 Å². The molecular formula is C14H16N6O. The van der Waals surface area contributed by atoms with Crippen LogP contribution in [0.2, 0.25) is 0 Å². The van der Waals surface area contributed by atoms with E-state index in [0.717, 1.165) is 11.4 Å². The van der Waals surface area contributed by atoms with Crippen LogP contribution in [0.25, 0.3) is 5.65 Å². The molecule has 0 spiro atoms. The predicted octanol–water partition coefficient (Wildman–Crippen LogP) is 1.64. The molecule has 0 aliphatic rings. The Labute approximate surface area is 121 Å². The first-order valence-electron chi connectivity index (χ1n) is 6.51. The Kier molecular flexibility index (Phi) is 3.31. The average Bonchev–Trinajstić information content (AvgIpc) is 2.87. The highest BCUT2D eigenvalue weighted by Gasteiger charge is 2.07. The van der Waals surface area contributed by atoms with E-state index in [0.29, 0.717) is 29.4 Å². The highest BCUT2D eigenvalue weighted by molar-refractivity contribution is 5.62. The van der Waals surface area contributed by atoms with Crippen LogP contribution in [0.4, 0.5) is 11.5 Å². The zero-order chi connectivity index (χ0) is 14.8. The number of aromatic nitrogens is 4. The summed E-state index contributed by atoms with van der Waals surface area (Å²) in [5.41, 5.74) is 8.25. The van der Waals surface area contributed by atoms with E-state index < -0.39 is 0 Å². The molecule has 0 aliphatic carbocycles. The van der Waals surface area contributed by atoms with Crippen LogP contribution in [0.5, 0.6) is 5.75 Å². The molecular weight excluding hydrogens is 268 g/mol. The minimum atomic E-state index is 0.590. The fourth-order valence-electron chi connectivity index (χ4n) is 2.15. The van der Waals surface area contributed by atoms with Crippen molar-refractivity contribution in [3.8, 4) is 5.75 Å². The van der Waals surface area contributed by atoms with Gasteiger partial charge >= 0.3 is 0 Å². The molecule has 2 heterocycles. The summed E-state index contributed by atoms with van der Waals surface area (Å²) >= 11 is 0. The van der Waals surface area contributed by atoms with E-state index in [2.05, 4.69) is 20.5 Å². The minimum absolute atomic E-state index is 0.590. The first-order chi connectivity index (χ1) is 10.2. The highest BCUT2D eigenvalue weighted by atomic mass is 16.5.